The molecule has 0 bridgehead atoms. The van der Waals surface area contributed by atoms with Crippen molar-refractivity contribution in [2.75, 3.05) is 18.8 Å². The number of hydrogen-bond acceptors (Lipinski definition) is 4. The maximum Gasteiger partial charge on any atom is 0.204 e. The number of nitrogens with one attached hydrogen (secondary N) is 1. The molecule has 0 spiro atoms. The van der Waals surface area contributed by atoms with Crippen LogP contribution in [0.1, 0.15) is 32.4 Å². The Bertz CT molecular complexity index is 339. The Morgan fingerprint density at radius 2 is 2.25 bits per heavy atom. The van der Waals surface area contributed by atoms with E-state index >= 15 is 0 Å². The minimum atomic E-state index is 0.0633. The molecule has 0 radical (unpaired) electrons. The van der Waals surface area contributed by atoms with Gasteiger partial charge in [0.1, 0.15) is 5.76 Å². The van der Waals surface area contributed by atoms with Gasteiger partial charge in [-0.05, 0) is 24.8 Å². The van der Waals surface area contributed by atoms with Crippen LogP contribution in [0.3, 0.4) is 0 Å². The fourth-order valence-electron chi connectivity index (χ4n) is 1.50. The Balaban J connectivity index is 1.78. The number of rotatable bonds is 4. The molecule has 4 heteroatoms. The highest BCUT2D eigenvalue weighted by Crippen LogP contribution is 2.24. The summed E-state index contributed by atoms with van der Waals surface area (Å²) in [4.78, 5) is 4.32. The predicted molar refractivity (Wildman–Crippen MR) is 67.7 cm³/mol. The topological polar surface area (TPSA) is 38.1 Å². The summed E-state index contributed by atoms with van der Waals surface area (Å²) >= 11 is 1.92. The van der Waals surface area contributed by atoms with Crippen molar-refractivity contribution in [1.82, 2.24) is 10.3 Å². The van der Waals surface area contributed by atoms with Gasteiger partial charge in [-0.15, -0.1) is 0 Å². The zero-order valence-electron chi connectivity index (χ0n) is 10.2. The van der Waals surface area contributed by atoms with E-state index in [4.69, 9.17) is 4.42 Å². The van der Waals surface area contributed by atoms with Gasteiger partial charge in [0, 0.05) is 5.41 Å². The molecule has 1 N–H and O–H groups in total. The second-order valence-corrected chi connectivity index (χ2v) is 6.44. The van der Waals surface area contributed by atoms with Crippen LogP contribution in [0.4, 0.5) is 0 Å². The van der Waals surface area contributed by atoms with Crippen molar-refractivity contribution in [3.8, 4) is 0 Å². The zero-order chi connectivity index (χ0) is 11.6. The molecule has 1 fully saturated rings. The molecule has 2 heterocycles. The summed E-state index contributed by atoms with van der Waals surface area (Å²) in [7, 11) is 0. The summed E-state index contributed by atoms with van der Waals surface area (Å²) in [5, 5.41) is 3.28. The first kappa shape index (κ1) is 12.0. The Labute approximate surface area is 101 Å². The lowest BCUT2D eigenvalue weighted by molar-refractivity contribution is 0.383. The minimum Gasteiger partial charge on any atom is -0.444 e. The van der Waals surface area contributed by atoms with Gasteiger partial charge in [0.05, 0.1) is 11.9 Å². The fraction of sp³-hybridized carbons (Fsp3) is 0.750. The van der Waals surface area contributed by atoms with E-state index in [1.165, 1.54) is 18.8 Å². The van der Waals surface area contributed by atoms with Gasteiger partial charge >= 0.3 is 0 Å². The Kier molecular flexibility index (Phi) is 3.60. The Morgan fingerprint density at radius 1 is 1.50 bits per heavy atom. The van der Waals surface area contributed by atoms with Crippen LogP contribution in [0.2, 0.25) is 0 Å². The SMILES string of the molecule is CC(C)(C)c1cnc(CSCC2CNC2)o1. The van der Waals surface area contributed by atoms with Gasteiger partial charge < -0.3 is 9.73 Å². The van der Waals surface area contributed by atoms with Crippen molar-refractivity contribution < 1.29 is 4.42 Å². The highest BCUT2D eigenvalue weighted by atomic mass is 32.2. The molecule has 1 aliphatic rings. The van der Waals surface area contributed by atoms with E-state index < -0.39 is 0 Å². The quantitative estimate of drug-likeness (QED) is 0.877. The van der Waals surface area contributed by atoms with Crippen molar-refractivity contribution in [1.29, 1.82) is 0 Å². The molecule has 0 atom stereocenters. The number of oxazole rings is 1. The molecule has 1 aliphatic heterocycles. The standard InChI is InChI=1S/C12H20N2OS/c1-12(2,3)10-6-14-11(15-10)8-16-7-9-4-13-5-9/h6,9,13H,4-5,7-8H2,1-3H3. The van der Waals surface area contributed by atoms with Crippen LogP contribution in [0.5, 0.6) is 0 Å². The Hall–Kier alpha value is -0.480. The molecular formula is C12H20N2OS. The third kappa shape index (κ3) is 3.01. The van der Waals surface area contributed by atoms with Crippen LogP contribution < -0.4 is 5.32 Å². The number of thioether (sulfide) groups is 1. The maximum atomic E-state index is 5.73. The van der Waals surface area contributed by atoms with Gasteiger partial charge in [-0.1, -0.05) is 20.8 Å². The molecule has 0 amide bonds. The summed E-state index contributed by atoms with van der Waals surface area (Å²) in [6.07, 6.45) is 1.86. The van der Waals surface area contributed by atoms with E-state index in [0.717, 1.165) is 23.3 Å². The second kappa shape index (κ2) is 4.80. The van der Waals surface area contributed by atoms with E-state index in [0.29, 0.717) is 0 Å². The van der Waals surface area contributed by atoms with Crippen LogP contribution in [-0.2, 0) is 11.2 Å². The first-order valence-electron chi connectivity index (χ1n) is 5.79. The molecule has 0 saturated carbocycles. The predicted octanol–water partition coefficient (Wildman–Crippen LogP) is 2.42. The molecule has 0 aliphatic carbocycles. The van der Waals surface area contributed by atoms with E-state index in [9.17, 15) is 0 Å². The molecule has 3 nitrogen and oxygen atoms in total. The van der Waals surface area contributed by atoms with E-state index in [1.807, 2.05) is 18.0 Å². The number of hydrogen-bond donors (Lipinski definition) is 1. The molecule has 1 aromatic heterocycles. The summed E-state index contributed by atoms with van der Waals surface area (Å²) in [6.45, 7) is 8.77. The lowest BCUT2D eigenvalue weighted by Gasteiger charge is -2.26. The molecule has 0 unspecified atom stereocenters. The molecule has 2 rings (SSSR count). The van der Waals surface area contributed by atoms with Crippen molar-refractivity contribution in [2.45, 2.75) is 31.9 Å². The summed E-state index contributed by atoms with van der Waals surface area (Å²) < 4.78 is 5.73. The largest absolute Gasteiger partial charge is 0.444 e. The summed E-state index contributed by atoms with van der Waals surface area (Å²) in [5.41, 5.74) is 0.0633. The average Bonchev–Trinajstić information content (AvgIpc) is 2.56. The average molecular weight is 240 g/mol. The highest BCUT2D eigenvalue weighted by Gasteiger charge is 2.20. The lowest BCUT2D eigenvalue weighted by atomic mass is 9.94. The van der Waals surface area contributed by atoms with E-state index in [1.54, 1.807) is 0 Å². The molecular weight excluding hydrogens is 220 g/mol. The third-order valence-electron chi connectivity index (χ3n) is 2.74. The van der Waals surface area contributed by atoms with Crippen molar-refractivity contribution >= 4 is 11.8 Å². The molecule has 90 valence electrons. The van der Waals surface area contributed by atoms with Crippen LogP contribution in [-0.4, -0.2) is 23.8 Å². The molecule has 16 heavy (non-hydrogen) atoms. The van der Waals surface area contributed by atoms with Gasteiger partial charge in [0.2, 0.25) is 5.89 Å². The van der Waals surface area contributed by atoms with Gasteiger partial charge in [-0.25, -0.2) is 4.98 Å². The van der Waals surface area contributed by atoms with Crippen LogP contribution in [0, 0.1) is 5.92 Å². The number of nitrogens with zero attached hydrogens (tertiary/aromatic N) is 1. The first-order valence-corrected chi connectivity index (χ1v) is 6.95. The van der Waals surface area contributed by atoms with Crippen molar-refractivity contribution in [2.24, 2.45) is 5.92 Å². The van der Waals surface area contributed by atoms with Gasteiger partial charge in [-0.3, -0.25) is 0 Å². The monoisotopic (exact) mass is 240 g/mol. The van der Waals surface area contributed by atoms with Gasteiger partial charge in [-0.2, -0.15) is 11.8 Å². The van der Waals surface area contributed by atoms with Crippen LogP contribution in [0.15, 0.2) is 10.6 Å². The van der Waals surface area contributed by atoms with Gasteiger partial charge in [0.15, 0.2) is 0 Å². The van der Waals surface area contributed by atoms with Crippen molar-refractivity contribution in [3.63, 3.8) is 0 Å². The molecule has 1 saturated heterocycles. The highest BCUT2D eigenvalue weighted by molar-refractivity contribution is 7.98. The van der Waals surface area contributed by atoms with E-state index in [-0.39, 0.29) is 5.41 Å². The first-order chi connectivity index (χ1) is 7.55. The smallest absolute Gasteiger partial charge is 0.204 e. The fourth-order valence-corrected chi connectivity index (χ4v) is 2.50. The van der Waals surface area contributed by atoms with Crippen LogP contribution >= 0.6 is 11.8 Å². The summed E-state index contributed by atoms with van der Waals surface area (Å²) in [5.74, 6) is 4.80. The van der Waals surface area contributed by atoms with Gasteiger partial charge in [0.25, 0.3) is 0 Å². The normalized spacial score (nSPS) is 17.4. The third-order valence-corrected chi connectivity index (χ3v) is 3.90. The lowest BCUT2D eigenvalue weighted by Crippen LogP contribution is -2.43. The second-order valence-electron chi connectivity index (χ2n) is 5.41. The number of aromatic nitrogens is 1. The molecule has 1 aromatic rings. The van der Waals surface area contributed by atoms with E-state index in [2.05, 4.69) is 31.1 Å². The Morgan fingerprint density at radius 3 is 2.75 bits per heavy atom. The summed E-state index contributed by atoms with van der Waals surface area (Å²) in [6, 6.07) is 0. The molecule has 0 aromatic carbocycles. The maximum absolute atomic E-state index is 5.73. The van der Waals surface area contributed by atoms with Crippen LogP contribution in [0.25, 0.3) is 0 Å². The van der Waals surface area contributed by atoms with Crippen molar-refractivity contribution in [3.05, 3.63) is 17.8 Å². The zero-order valence-corrected chi connectivity index (χ0v) is 11.1. The minimum absolute atomic E-state index is 0.0633.